The van der Waals surface area contributed by atoms with Crippen molar-refractivity contribution in [3.05, 3.63) is 30.3 Å². The van der Waals surface area contributed by atoms with Crippen LogP contribution in [0.5, 0.6) is 0 Å². The van der Waals surface area contributed by atoms with Crippen molar-refractivity contribution < 1.29 is 9.53 Å². The minimum absolute atomic E-state index is 0.125. The van der Waals surface area contributed by atoms with Crippen molar-refractivity contribution in [2.24, 2.45) is 0 Å². The fraction of sp³-hybridized carbons (Fsp3) is 0.533. The van der Waals surface area contributed by atoms with Crippen LogP contribution in [0.15, 0.2) is 30.3 Å². The Kier molecular flexibility index (Phi) is 4.93. The lowest BCUT2D eigenvalue weighted by Gasteiger charge is -2.24. The molecule has 0 aromatic heterocycles. The number of rotatable bonds is 3. The predicted octanol–water partition coefficient (Wildman–Crippen LogP) is 1.76. The fourth-order valence-corrected chi connectivity index (χ4v) is 2.32. The van der Waals surface area contributed by atoms with E-state index in [2.05, 4.69) is 11.8 Å². The summed E-state index contributed by atoms with van der Waals surface area (Å²) in [5.74, 6) is 0.125. The summed E-state index contributed by atoms with van der Waals surface area (Å²) in [6, 6.07) is 9.75. The van der Waals surface area contributed by atoms with Crippen LogP contribution < -0.4 is 4.90 Å². The number of hydrogen-bond donors (Lipinski definition) is 0. The van der Waals surface area contributed by atoms with Gasteiger partial charge in [0.25, 0.3) is 0 Å². The molecule has 0 aliphatic carbocycles. The molecule has 0 saturated carbocycles. The molecule has 0 spiro atoms. The molecule has 1 aliphatic rings. The van der Waals surface area contributed by atoms with Gasteiger partial charge in [-0.25, -0.2) is 0 Å². The van der Waals surface area contributed by atoms with Gasteiger partial charge in [-0.15, -0.1) is 0 Å². The highest BCUT2D eigenvalue weighted by Crippen LogP contribution is 2.12. The van der Waals surface area contributed by atoms with E-state index < -0.39 is 0 Å². The van der Waals surface area contributed by atoms with Gasteiger partial charge in [0.2, 0.25) is 5.91 Å². The number of likely N-dealkylation sites (N-methyl/N-ethyl adjacent to an activating group) is 1. The highest BCUT2D eigenvalue weighted by molar-refractivity contribution is 5.94. The average molecular weight is 262 g/mol. The van der Waals surface area contributed by atoms with Crippen LogP contribution >= 0.6 is 0 Å². The van der Waals surface area contributed by atoms with Crippen molar-refractivity contribution >= 4 is 11.6 Å². The molecule has 19 heavy (non-hydrogen) atoms. The van der Waals surface area contributed by atoms with Gasteiger partial charge >= 0.3 is 0 Å². The van der Waals surface area contributed by atoms with Gasteiger partial charge in [-0.05, 0) is 25.5 Å². The molecule has 1 aromatic carbocycles. The molecular formula is C15H22N2O2. The van der Waals surface area contributed by atoms with E-state index in [9.17, 15) is 4.79 Å². The van der Waals surface area contributed by atoms with Crippen LogP contribution in [-0.2, 0) is 9.53 Å². The van der Waals surface area contributed by atoms with Crippen LogP contribution in [0.25, 0.3) is 0 Å². The van der Waals surface area contributed by atoms with Crippen LogP contribution in [-0.4, -0.2) is 50.2 Å². The second-order valence-corrected chi connectivity index (χ2v) is 5.06. The standard InChI is InChI=1S/C15H22N2O2/c1-13-11-17(9-6-10-19-13)12-15(18)16(2)14-7-4-3-5-8-14/h3-5,7-8,13H,6,9-12H2,1-2H3. The van der Waals surface area contributed by atoms with Gasteiger partial charge in [0.05, 0.1) is 12.6 Å². The van der Waals surface area contributed by atoms with E-state index in [0.29, 0.717) is 6.54 Å². The van der Waals surface area contributed by atoms with Gasteiger partial charge in [0.15, 0.2) is 0 Å². The van der Waals surface area contributed by atoms with Crippen LogP contribution in [0.4, 0.5) is 5.69 Å². The molecule has 1 unspecified atom stereocenters. The third-order valence-corrected chi connectivity index (χ3v) is 3.41. The van der Waals surface area contributed by atoms with Crippen LogP contribution in [0.2, 0.25) is 0 Å². The molecule has 1 atom stereocenters. The highest BCUT2D eigenvalue weighted by atomic mass is 16.5. The Balaban J connectivity index is 1.93. The van der Waals surface area contributed by atoms with Crippen LogP contribution in [0.1, 0.15) is 13.3 Å². The van der Waals surface area contributed by atoms with Gasteiger partial charge in [-0.2, -0.15) is 0 Å². The van der Waals surface area contributed by atoms with Crippen molar-refractivity contribution in [2.45, 2.75) is 19.4 Å². The van der Waals surface area contributed by atoms with Crippen molar-refractivity contribution in [1.29, 1.82) is 0 Å². The van der Waals surface area contributed by atoms with Gasteiger partial charge in [0, 0.05) is 32.4 Å². The summed E-state index contributed by atoms with van der Waals surface area (Å²) in [7, 11) is 1.83. The molecule has 1 heterocycles. The average Bonchev–Trinajstić information content (AvgIpc) is 2.63. The Morgan fingerprint density at radius 1 is 1.42 bits per heavy atom. The molecule has 4 heteroatoms. The molecule has 0 bridgehead atoms. The van der Waals surface area contributed by atoms with Gasteiger partial charge < -0.3 is 9.64 Å². The first kappa shape index (κ1) is 14.0. The predicted molar refractivity (Wildman–Crippen MR) is 76.3 cm³/mol. The Hall–Kier alpha value is -1.39. The third-order valence-electron chi connectivity index (χ3n) is 3.41. The zero-order valence-electron chi connectivity index (χ0n) is 11.7. The van der Waals surface area contributed by atoms with Crippen molar-refractivity contribution in [1.82, 2.24) is 4.90 Å². The van der Waals surface area contributed by atoms with Gasteiger partial charge in [-0.3, -0.25) is 9.69 Å². The molecular weight excluding hydrogens is 240 g/mol. The monoisotopic (exact) mass is 262 g/mol. The van der Waals surface area contributed by atoms with E-state index in [1.807, 2.05) is 37.4 Å². The molecule has 0 N–H and O–H groups in total. The topological polar surface area (TPSA) is 32.8 Å². The lowest BCUT2D eigenvalue weighted by molar-refractivity contribution is -0.119. The second kappa shape index (κ2) is 6.68. The van der Waals surface area contributed by atoms with E-state index in [-0.39, 0.29) is 12.0 Å². The molecule has 0 radical (unpaired) electrons. The molecule has 1 amide bonds. The summed E-state index contributed by atoms with van der Waals surface area (Å²) in [6.07, 6.45) is 1.20. The lowest BCUT2D eigenvalue weighted by Crippen LogP contribution is -2.40. The quantitative estimate of drug-likeness (QED) is 0.832. The van der Waals surface area contributed by atoms with Crippen LogP contribution in [0, 0.1) is 0 Å². The number of nitrogens with zero attached hydrogens (tertiary/aromatic N) is 2. The molecule has 1 fully saturated rings. The molecule has 2 rings (SSSR count). The number of benzene rings is 1. The van der Waals surface area contributed by atoms with Gasteiger partial charge in [-0.1, -0.05) is 18.2 Å². The number of carbonyl (C=O) groups is 1. The fourth-order valence-electron chi connectivity index (χ4n) is 2.32. The number of para-hydroxylation sites is 1. The number of ether oxygens (including phenoxy) is 1. The maximum Gasteiger partial charge on any atom is 0.240 e. The number of amides is 1. The largest absolute Gasteiger partial charge is 0.377 e. The number of carbonyl (C=O) groups excluding carboxylic acids is 1. The second-order valence-electron chi connectivity index (χ2n) is 5.06. The zero-order valence-corrected chi connectivity index (χ0v) is 11.7. The van der Waals surface area contributed by atoms with Gasteiger partial charge in [0.1, 0.15) is 0 Å². The smallest absolute Gasteiger partial charge is 0.240 e. The number of hydrogen-bond acceptors (Lipinski definition) is 3. The molecule has 1 aromatic rings. The summed E-state index contributed by atoms with van der Waals surface area (Å²) in [4.78, 5) is 16.2. The van der Waals surface area contributed by atoms with E-state index in [0.717, 1.165) is 31.8 Å². The third kappa shape index (κ3) is 4.04. The minimum Gasteiger partial charge on any atom is -0.377 e. The first-order chi connectivity index (χ1) is 9.16. The van der Waals surface area contributed by atoms with Crippen molar-refractivity contribution in [2.75, 3.05) is 38.2 Å². The van der Waals surface area contributed by atoms with E-state index >= 15 is 0 Å². The van der Waals surface area contributed by atoms with E-state index in [4.69, 9.17) is 4.74 Å². The summed E-state index contributed by atoms with van der Waals surface area (Å²) < 4.78 is 5.59. The Labute approximate surface area is 115 Å². The maximum atomic E-state index is 12.3. The first-order valence-electron chi connectivity index (χ1n) is 6.82. The zero-order chi connectivity index (χ0) is 13.7. The maximum absolute atomic E-state index is 12.3. The summed E-state index contributed by atoms with van der Waals surface area (Å²) in [5.41, 5.74) is 0.937. The Morgan fingerprint density at radius 2 is 2.16 bits per heavy atom. The van der Waals surface area contributed by atoms with Crippen molar-refractivity contribution in [3.63, 3.8) is 0 Å². The minimum atomic E-state index is 0.125. The Bertz CT molecular complexity index is 408. The SMILES string of the molecule is CC1CN(CC(=O)N(C)c2ccccc2)CCCO1. The molecule has 4 nitrogen and oxygen atoms in total. The first-order valence-corrected chi connectivity index (χ1v) is 6.82. The summed E-state index contributed by atoms with van der Waals surface area (Å²) in [6.45, 7) is 5.07. The summed E-state index contributed by atoms with van der Waals surface area (Å²) in [5, 5.41) is 0. The molecule has 104 valence electrons. The molecule has 1 saturated heterocycles. The lowest BCUT2D eigenvalue weighted by atomic mass is 10.3. The van der Waals surface area contributed by atoms with Crippen molar-refractivity contribution in [3.8, 4) is 0 Å². The van der Waals surface area contributed by atoms with Crippen LogP contribution in [0.3, 0.4) is 0 Å². The number of anilines is 1. The highest BCUT2D eigenvalue weighted by Gasteiger charge is 2.19. The van der Waals surface area contributed by atoms with E-state index in [1.165, 1.54) is 0 Å². The van der Waals surface area contributed by atoms with E-state index in [1.54, 1.807) is 4.90 Å². The molecule has 1 aliphatic heterocycles. The summed E-state index contributed by atoms with van der Waals surface area (Å²) >= 11 is 0. The normalized spacial score (nSPS) is 20.8. The Morgan fingerprint density at radius 3 is 2.89 bits per heavy atom.